The monoisotopic (exact) mass is 211 g/mol. The fraction of sp³-hybridized carbons (Fsp3) is 0.111. The van der Waals surface area contributed by atoms with Gasteiger partial charge >= 0.3 is 5.97 Å². The van der Waals surface area contributed by atoms with Crippen molar-refractivity contribution in [2.24, 2.45) is 0 Å². The van der Waals surface area contributed by atoms with Crippen LogP contribution in [0, 0.1) is 0 Å². The fourth-order valence-electron chi connectivity index (χ4n) is 1.23. The molecule has 0 aliphatic rings. The second-order valence-corrected chi connectivity index (χ2v) is 3.27. The van der Waals surface area contributed by atoms with E-state index < -0.39 is 5.97 Å². The Kier molecular flexibility index (Phi) is 2.13. The molecular weight excluding hydrogens is 206 g/mol. The number of hydrogen-bond donors (Lipinski definition) is 1. The quantitative estimate of drug-likeness (QED) is 0.826. The van der Waals surface area contributed by atoms with E-state index in [4.69, 9.17) is 21.2 Å². The first-order valence-corrected chi connectivity index (χ1v) is 4.30. The molecule has 14 heavy (non-hydrogen) atoms. The molecule has 5 heteroatoms. The minimum Gasteiger partial charge on any atom is -0.481 e. The number of carbonyl (C=O) groups is 1. The highest BCUT2D eigenvalue weighted by molar-refractivity contribution is 6.31. The molecule has 2 rings (SSSR count). The molecule has 0 bridgehead atoms. The van der Waals surface area contributed by atoms with Crippen molar-refractivity contribution in [2.75, 3.05) is 0 Å². The first kappa shape index (κ1) is 9.02. The molecule has 0 aliphatic carbocycles. The van der Waals surface area contributed by atoms with Gasteiger partial charge in [0.15, 0.2) is 5.76 Å². The molecule has 0 fully saturated rings. The Morgan fingerprint density at radius 1 is 1.57 bits per heavy atom. The van der Waals surface area contributed by atoms with Crippen LogP contribution in [0.4, 0.5) is 0 Å². The second kappa shape index (κ2) is 3.31. The van der Waals surface area contributed by atoms with Gasteiger partial charge in [0.2, 0.25) is 0 Å². The molecule has 0 saturated carbocycles. The summed E-state index contributed by atoms with van der Waals surface area (Å²) in [5.41, 5.74) is 0.616. The van der Waals surface area contributed by atoms with Gasteiger partial charge < -0.3 is 9.63 Å². The number of rotatable bonds is 2. The van der Waals surface area contributed by atoms with Gasteiger partial charge in [-0.05, 0) is 18.2 Å². The molecule has 0 radical (unpaired) electrons. The normalized spacial score (nSPS) is 10.6. The Morgan fingerprint density at radius 2 is 2.36 bits per heavy atom. The zero-order valence-corrected chi connectivity index (χ0v) is 7.78. The largest absolute Gasteiger partial charge is 0.481 e. The van der Waals surface area contributed by atoms with E-state index in [0.717, 1.165) is 0 Å². The number of hydrogen-bond acceptors (Lipinski definition) is 3. The highest BCUT2D eigenvalue weighted by Crippen LogP contribution is 2.22. The van der Waals surface area contributed by atoms with Crippen molar-refractivity contribution < 1.29 is 14.4 Å². The summed E-state index contributed by atoms with van der Waals surface area (Å²) in [5, 5.41) is 13.5. The summed E-state index contributed by atoms with van der Waals surface area (Å²) in [7, 11) is 0. The summed E-state index contributed by atoms with van der Waals surface area (Å²) in [6, 6.07) is 5.01. The number of halogens is 1. The standard InChI is InChI=1S/C9H6ClNO3/c10-5-1-2-7-6(3-5)8(14-11-7)4-9(12)13/h1-3H,4H2,(H,12,13). The third-order valence-corrected chi connectivity index (χ3v) is 2.06. The molecule has 72 valence electrons. The number of carboxylic acids is 1. The molecule has 0 saturated heterocycles. The molecule has 1 N–H and O–H groups in total. The number of carboxylic acid groups (broad SMARTS) is 1. The lowest BCUT2D eigenvalue weighted by Crippen LogP contribution is -1.98. The maximum absolute atomic E-state index is 10.5. The van der Waals surface area contributed by atoms with Gasteiger partial charge in [-0.3, -0.25) is 4.79 Å². The van der Waals surface area contributed by atoms with Crippen molar-refractivity contribution in [1.82, 2.24) is 5.16 Å². The van der Waals surface area contributed by atoms with E-state index >= 15 is 0 Å². The van der Waals surface area contributed by atoms with E-state index in [1.165, 1.54) is 0 Å². The topological polar surface area (TPSA) is 63.3 Å². The molecule has 0 atom stereocenters. The van der Waals surface area contributed by atoms with Crippen LogP contribution in [-0.4, -0.2) is 16.2 Å². The summed E-state index contributed by atoms with van der Waals surface area (Å²) in [5.74, 6) is -0.627. The first-order valence-electron chi connectivity index (χ1n) is 3.92. The van der Waals surface area contributed by atoms with Gasteiger partial charge in [0.25, 0.3) is 0 Å². The molecule has 0 amide bonds. The summed E-state index contributed by atoms with van der Waals surface area (Å²) in [6.07, 6.45) is -0.184. The Labute approximate surface area is 84.1 Å². The van der Waals surface area contributed by atoms with Crippen molar-refractivity contribution in [3.8, 4) is 0 Å². The number of fused-ring (bicyclic) bond motifs is 1. The molecule has 1 aromatic carbocycles. The van der Waals surface area contributed by atoms with Crippen LogP contribution in [0.25, 0.3) is 10.9 Å². The van der Waals surface area contributed by atoms with Gasteiger partial charge in [-0.2, -0.15) is 0 Å². The summed E-state index contributed by atoms with van der Waals surface area (Å²) in [4.78, 5) is 10.5. The Morgan fingerprint density at radius 3 is 3.07 bits per heavy atom. The number of aliphatic carboxylic acids is 1. The maximum atomic E-state index is 10.5. The van der Waals surface area contributed by atoms with Crippen LogP contribution in [0.3, 0.4) is 0 Å². The SMILES string of the molecule is O=C(O)Cc1onc2ccc(Cl)cc12. The van der Waals surface area contributed by atoms with Gasteiger partial charge in [0.05, 0.1) is 0 Å². The molecular formula is C9H6ClNO3. The lowest BCUT2D eigenvalue weighted by Gasteiger charge is -1.91. The third kappa shape index (κ3) is 1.56. The van der Waals surface area contributed by atoms with Crippen molar-refractivity contribution in [1.29, 1.82) is 0 Å². The van der Waals surface area contributed by atoms with Gasteiger partial charge in [0.1, 0.15) is 11.9 Å². The van der Waals surface area contributed by atoms with Crippen LogP contribution in [0.2, 0.25) is 5.02 Å². The van der Waals surface area contributed by atoms with Crippen LogP contribution in [0.1, 0.15) is 5.76 Å². The van der Waals surface area contributed by atoms with Crippen molar-refractivity contribution in [3.05, 3.63) is 29.0 Å². The van der Waals surface area contributed by atoms with E-state index in [1.807, 2.05) is 0 Å². The Balaban J connectivity index is 2.55. The fourth-order valence-corrected chi connectivity index (χ4v) is 1.40. The highest BCUT2D eigenvalue weighted by Gasteiger charge is 2.11. The predicted molar refractivity (Wildman–Crippen MR) is 50.4 cm³/mol. The first-order chi connectivity index (χ1) is 6.66. The minimum atomic E-state index is -0.956. The smallest absolute Gasteiger partial charge is 0.311 e. The molecule has 0 aliphatic heterocycles. The minimum absolute atomic E-state index is 0.184. The summed E-state index contributed by atoms with van der Waals surface area (Å²) < 4.78 is 4.89. The van der Waals surface area contributed by atoms with E-state index in [0.29, 0.717) is 21.7 Å². The average molecular weight is 212 g/mol. The van der Waals surface area contributed by atoms with Gasteiger partial charge in [-0.15, -0.1) is 0 Å². The predicted octanol–water partition coefficient (Wildman–Crippen LogP) is 2.11. The molecule has 0 unspecified atom stereocenters. The lowest BCUT2D eigenvalue weighted by atomic mass is 10.2. The zero-order chi connectivity index (χ0) is 10.1. The van der Waals surface area contributed by atoms with Gasteiger partial charge in [0, 0.05) is 10.4 Å². The van der Waals surface area contributed by atoms with Crippen molar-refractivity contribution in [3.63, 3.8) is 0 Å². The second-order valence-electron chi connectivity index (χ2n) is 2.84. The third-order valence-electron chi connectivity index (χ3n) is 1.82. The Bertz CT molecular complexity index is 492. The molecule has 2 aromatic rings. The van der Waals surface area contributed by atoms with Crippen LogP contribution >= 0.6 is 11.6 Å². The van der Waals surface area contributed by atoms with Crippen LogP contribution < -0.4 is 0 Å². The lowest BCUT2D eigenvalue weighted by molar-refractivity contribution is -0.136. The van der Waals surface area contributed by atoms with Crippen LogP contribution in [0.15, 0.2) is 22.7 Å². The highest BCUT2D eigenvalue weighted by atomic mass is 35.5. The Hall–Kier alpha value is -1.55. The zero-order valence-electron chi connectivity index (χ0n) is 7.03. The molecule has 0 spiro atoms. The maximum Gasteiger partial charge on any atom is 0.311 e. The van der Waals surface area contributed by atoms with Crippen LogP contribution in [0.5, 0.6) is 0 Å². The number of aromatic nitrogens is 1. The van der Waals surface area contributed by atoms with Gasteiger partial charge in [-0.1, -0.05) is 16.8 Å². The van der Waals surface area contributed by atoms with Crippen LogP contribution in [-0.2, 0) is 11.2 Å². The molecule has 4 nitrogen and oxygen atoms in total. The average Bonchev–Trinajstić information content (AvgIpc) is 2.47. The van der Waals surface area contributed by atoms with Crippen molar-refractivity contribution >= 4 is 28.5 Å². The summed E-state index contributed by atoms with van der Waals surface area (Å²) in [6.45, 7) is 0. The van der Waals surface area contributed by atoms with E-state index in [1.54, 1.807) is 18.2 Å². The van der Waals surface area contributed by atoms with E-state index in [2.05, 4.69) is 5.16 Å². The molecule has 1 aromatic heterocycles. The van der Waals surface area contributed by atoms with E-state index in [9.17, 15) is 4.79 Å². The molecule has 1 heterocycles. The summed E-state index contributed by atoms with van der Waals surface area (Å²) >= 11 is 5.77. The van der Waals surface area contributed by atoms with Crippen molar-refractivity contribution in [2.45, 2.75) is 6.42 Å². The van der Waals surface area contributed by atoms with E-state index in [-0.39, 0.29) is 6.42 Å². The number of nitrogens with zero attached hydrogens (tertiary/aromatic N) is 1. The van der Waals surface area contributed by atoms with Gasteiger partial charge in [-0.25, -0.2) is 0 Å². The number of benzene rings is 1.